The summed E-state index contributed by atoms with van der Waals surface area (Å²) in [4.78, 5) is 11.8. The van der Waals surface area contributed by atoms with Crippen LogP contribution in [0.3, 0.4) is 0 Å². The van der Waals surface area contributed by atoms with Crippen LogP contribution in [0.4, 0.5) is 19.3 Å². The number of halogens is 2. The van der Waals surface area contributed by atoms with E-state index in [-0.39, 0.29) is 0 Å². The first-order valence-corrected chi connectivity index (χ1v) is 6.63. The van der Waals surface area contributed by atoms with Gasteiger partial charge in [0.1, 0.15) is 0 Å². The number of benzene rings is 1. The first kappa shape index (κ1) is 15.7. The predicted molar refractivity (Wildman–Crippen MR) is 71.6 cm³/mol. The maximum atomic E-state index is 12.3. The van der Waals surface area contributed by atoms with Crippen LogP contribution in [0.25, 0.3) is 0 Å². The Kier molecular flexibility index (Phi) is 6.58. The van der Waals surface area contributed by atoms with Crippen LogP contribution in [0, 0.1) is 0 Å². The van der Waals surface area contributed by atoms with Crippen LogP contribution >= 0.6 is 11.8 Å². The third kappa shape index (κ3) is 6.40. The van der Waals surface area contributed by atoms with Crippen molar-refractivity contribution in [2.75, 3.05) is 11.9 Å². The van der Waals surface area contributed by atoms with E-state index in [4.69, 9.17) is 5.11 Å². The molecule has 1 rings (SSSR count). The summed E-state index contributed by atoms with van der Waals surface area (Å²) in [6.45, 7) is 1.93. The number of hydrogen-bond acceptors (Lipinski definition) is 3. The van der Waals surface area contributed by atoms with Gasteiger partial charge in [0, 0.05) is 11.4 Å². The number of anilines is 1. The Morgan fingerprint density at radius 1 is 1.42 bits per heavy atom. The molecule has 0 spiro atoms. The number of urea groups is 1. The molecular formula is C12H16F2N2O2S. The monoisotopic (exact) mass is 290 g/mol. The van der Waals surface area contributed by atoms with Crippen LogP contribution in [0.1, 0.15) is 13.3 Å². The number of thioether (sulfide) groups is 1. The van der Waals surface area contributed by atoms with Gasteiger partial charge in [-0.1, -0.05) is 23.9 Å². The lowest BCUT2D eigenvalue weighted by Crippen LogP contribution is -2.31. The third-order valence-corrected chi connectivity index (χ3v) is 2.99. The molecule has 19 heavy (non-hydrogen) atoms. The number of amides is 2. The number of carbonyl (C=O) groups is 1. The molecule has 0 aliphatic rings. The highest BCUT2D eigenvalue weighted by molar-refractivity contribution is 7.99. The number of para-hydroxylation sites is 1. The highest BCUT2D eigenvalue weighted by Crippen LogP contribution is 2.31. The Labute approximate surface area is 114 Å². The van der Waals surface area contributed by atoms with E-state index in [2.05, 4.69) is 10.6 Å². The molecule has 0 fully saturated rings. The van der Waals surface area contributed by atoms with Crippen molar-refractivity contribution < 1.29 is 18.7 Å². The summed E-state index contributed by atoms with van der Waals surface area (Å²) < 4.78 is 24.7. The van der Waals surface area contributed by atoms with E-state index in [1.165, 1.54) is 6.07 Å². The molecule has 0 aromatic heterocycles. The van der Waals surface area contributed by atoms with Gasteiger partial charge in [0.15, 0.2) is 0 Å². The molecule has 0 saturated carbocycles. The van der Waals surface area contributed by atoms with Gasteiger partial charge < -0.3 is 15.7 Å². The molecule has 0 aliphatic heterocycles. The van der Waals surface area contributed by atoms with E-state index in [1.54, 1.807) is 25.1 Å². The molecule has 0 saturated heterocycles. The molecule has 0 heterocycles. The zero-order chi connectivity index (χ0) is 14.3. The van der Waals surface area contributed by atoms with Crippen molar-refractivity contribution in [3.8, 4) is 0 Å². The zero-order valence-electron chi connectivity index (χ0n) is 10.4. The summed E-state index contributed by atoms with van der Waals surface area (Å²) in [7, 11) is 0. The minimum absolute atomic E-state index is 0.308. The van der Waals surface area contributed by atoms with Gasteiger partial charge in [-0.3, -0.25) is 0 Å². The van der Waals surface area contributed by atoms with Crippen molar-refractivity contribution in [1.82, 2.24) is 5.32 Å². The number of rotatable bonds is 6. The summed E-state index contributed by atoms with van der Waals surface area (Å²) in [5.74, 6) is -2.54. The molecule has 0 aliphatic carbocycles. The maximum absolute atomic E-state index is 12.3. The lowest BCUT2D eigenvalue weighted by Gasteiger charge is -2.11. The molecule has 1 unspecified atom stereocenters. The summed E-state index contributed by atoms with van der Waals surface area (Å²) in [5.41, 5.74) is 0.336. The van der Waals surface area contributed by atoms with Gasteiger partial charge in [-0.25, -0.2) is 4.79 Å². The molecular weight excluding hydrogens is 274 g/mol. The molecule has 0 radical (unpaired) electrons. The first-order chi connectivity index (χ1) is 8.99. The molecule has 0 bridgehead atoms. The fraction of sp³-hybridized carbons (Fsp3) is 0.417. The summed E-state index contributed by atoms with van der Waals surface area (Å²) in [6.07, 6.45) is -0.0668. The second-order valence-electron chi connectivity index (χ2n) is 3.89. The predicted octanol–water partition coefficient (Wildman–Crippen LogP) is 2.89. The number of aliphatic hydroxyl groups is 1. The van der Waals surface area contributed by atoms with E-state index in [0.29, 0.717) is 35.3 Å². The Balaban J connectivity index is 2.53. The average Bonchev–Trinajstić information content (AvgIpc) is 2.30. The van der Waals surface area contributed by atoms with Crippen LogP contribution < -0.4 is 10.6 Å². The van der Waals surface area contributed by atoms with Crippen LogP contribution in [0.2, 0.25) is 0 Å². The number of carbonyl (C=O) groups excluding carboxylic acids is 1. The average molecular weight is 290 g/mol. The number of nitrogens with one attached hydrogen (secondary N) is 2. The van der Waals surface area contributed by atoms with Crippen LogP contribution in [0.15, 0.2) is 29.2 Å². The molecule has 1 atom stereocenters. The lowest BCUT2D eigenvalue weighted by molar-refractivity contribution is 0.184. The molecule has 1 aromatic carbocycles. The molecule has 106 valence electrons. The summed E-state index contributed by atoms with van der Waals surface area (Å²) in [5, 5.41) is 14.1. The van der Waals surface area contributed by atoms with Gasteiger partial charge in [-0.15, -0.1) is 0 Å². The Morgan fingerprint density at radius 3 is 2.74 bits per heavy atom. The maximum Gasteiger partial charge on any atom is 0.319 e. The normalized spacial score (nSPS) is 12.3. The fourth-order valence-corrected chi connectivity index (χ4v) is 1.92. The van der Waals surface area contributed by atoms with Crippen LogP contribution in [-0.4, -0.2) is 29.5 Å². The van der Waals surface area contributed by atoms with Gasteiger partial charge in [0.25, 0.3) is 5.76 Å². The van der Waals surface area contributed by atoms with Gasteiger partial charge >= 0.3 is 6.03 Å². The number of aliphatic hydroxyl groups excluding tert-OH is 1. The van der Waals surface area contributed by atoms with Gasteiger partial charge in [0.05, 0.1) is 11.8 Å². The van der Waals surface area contributed by atoms with Crippen molar-refractivity contribution >= 4 is 23.5 Å². The Hall–Kier alpha value is -1.34. The SMILES string of the molecule is CC(O)CCNC(=O)Nc1ccccc1SC(F)F. The molecule has 2 amide bonds. The molecule has 7 heteroatoms. The van der Waals surface area contributed by atoms with Crippen molar-refractivity contribution in [3.05, 3.63) is 24.3 Å². The number of hydrogen-bond donors (Lipinski definition) is 3. The minimum atomic E-state index is -2.54. The molecule has 4 nitrogen and oxygen atoms in total. The van der Waals surface area contributed by atoms with Gasteiger partial charge in [-0.05, 0) is 25.5 Å². The smallest absolute Gasteiger partial charge is 0.319 e. The van der Waals surface area contributed by atoms with Gasteiger partial charge in [0.2, 0.25) is 0 Å². The first-order valence-electron chi connectivity index (χ1n) is 5.76. The largest absolute Gasteiger partial charge is 0.393 e. The fourth-order valence-electron chi connectivity index (χ4n) is 1.33. The van der Waals surface area contributed by atoms with Crippen LogP contribution in [-0.2, 0) is 0 Å². The van der Waals surface area contributed by atoms with Crippen molar-refractivity contribution in [3.63, 3.8) is 0 Å². The quantitative estimate of drug-likeness (QED) is 0.706. The summed E-state index contributed by atoms with van der Waals surface area (Å²) in [6, 6.07) is 5.87. The van der Waals surface area contributed by atoms with E-state index < -0.39 is 17.9 Å². The standard InChI is InChI=1S/C12H16F2N2O2S/c1-8(17)6-7-15-12(18)16-9-4-2-3-5-10(9)19-11(13)14/h2-5,8,11,17H,6-7H2,1H3,(H2,15,16,18). The lowest BCUT2D eigenvalue weighted by atomic mass is 10.3. The van der Waals surface area contributed by atoms with E-state index in [0.717, 1.165) is 0 Å². The Bertz CT molecular complexity index is 416. The second-order valence-corrected chi connectivity index (χ2v) is 4.93. The van der Waals surface area contributed by atoms with Crippen molar-refractivity contribution in [1.29, 1.82) is 0 Å². The van der Waals surface area contributed by atoms with E-state index in [9.17, 15) is 13.6 Å². The second kappa shape index (κ2) is 7.96. The zero-order valence-corrected chi connectivity index (χ0v) is 11.2. The minimum Gasteiger partial charge on any atom is -0.393 e. The molecule has 3 N–H and O–H groups in total. The highest BCUT2D eigenvalue weighted by atomic mass is 32.2. The van der Waals surface area contributed by atoms with Crippen molar-refractivity contribution in [2.45, 2.75) is 30.1 Å². The van der Waals surface area contributed by atoms with Gasteiger partial charge in [-0.2, -0.15) is 8.78 Å². The Morgan fingerprint density at radius 2 is 2.11 bits per heavy atom. The highest BCUT2D eigenvalue weighted by Gasteiger charge is 2.11. The van der Waals surface area contributed by atoms with E-state index >= 15 is 0 Å². The third-order valence-electron chi connectivity index (χ3n) is 2.20. The number of alkyl halides is 2. The van der Waals surface area contributed by atoms with E-state index in [1.807, 2.05) is 0 Å². The van der Waals surface area contributed by atoms with Crippen molar-refractivity contribution in [2.24, 2.45) is 0 Å². The summed E-state index contributed by atoms with van der Waals surface area (Å²) >= 11 is 0.380. The molecule has 1 aromatic rings. The topological polar surface area (TPSA) is 61.4 Å². The van der Waals surface area contributed by atoms with Crippen LogP contribution in [0.5, 0.6) is 0 Å².